The van der Waals surface area contributed by atoms with E-state index < -0.39 is 0 Å². The summed E-state index contributed by atoms with van der Waals surface area (Å²) in [4.78, 5) is 13.8. The van der Waals surface area contributed by atoms with Crippen LogP contribution in [0.4, 0.5) is 0 Å². The van der Waals surface area contributed by atoms with Crippen molar-refractivity contribution in [3.05, 3.63) is 33.7 Å². The summed E-state index contributed by atoms with van der Waals surface area (Å²) in [7, 11) is 3.12. The average molecular weight is 240 g/mol. The van der Waals surface area contributed by atoms with Gasteiger partial charge in [-0.25, -0.2) is 9.48 Å². The fourth-order valence-electron chi connectivity index (χ4n) is 1.35. The SMILES string of the molecule is COc1ccc(-c2nn(C)c(=O)[nH]2)cc1Cl. The van der Waals surface area contributed by atoms with Gasteiger partial charge in [0.2, 0.25) is 0 Å². The molecule has 0 spiro atoms. The van der Waals surface area contributed by atoms with Gasteiger partial charge in [-0.1, -0.05) is 11.6 Å². The molecule has 0 fully saturated rings. The van der Waals surface area contributed by atoms with Crippen molar-refractivity contribution >= 4 is 11.6 Å². The number of nitrogens with one attached hydrogen (secondary N) is 1. The van der Waals surface area contributed by atoms with E-state index in [4.69, 9.17) is 16.3 Å². The van der Waals surface area contributed by atoms with Crippen LogP contribution >= 0.6 is 11.6 Å². The fourth-order valence-corrected chi connectivity index (χ4v) is 1.60. The molecule has 0 atom stereocenters. The number of aromatic nitrogens is 3. The van der Waals surface area contributed by atoms with Crippen LogP contribution in [0.15, 0.2) is 23.0 Å². The smallest absolute Gasteiger partial charge is 0.343 e. The minimum absolute atomic E-state index is 0.262. The number of methoxy groups -OCH3 is 1. The van der Waals surface area contributed by atoms with Crippen LogP contribution in [0.2, 0.25) is 5.02 Å². The maximum atomic E-state index is 11.2. The summed E-state index contributed by atoms with van der Waals surface area (Å²) in [5.74, 6) is 1.07. The van der Waals surface area contributed by atoms with E-state index in [1.54, 1.807) is 32.4 Å². The van der Waals surface area contributed by atoms with E-state index >= 15 is 0 Å². The fraction of sp³-hybridized carbons (Fsp3) is 0.200. The van der Waals surface area contributed by atoms with Gasteiger partial charge in [0.25, 0.3) is 0 Å². The van der Waals surface area contributed by atoms with E-state index in [0.717, 1.165) is 5.56 Å². The van der Waals surface area contributed by atoms with Crippen molar-refractivity contribution < 1.29 is 4.74 Å². The van der Waals surface area contributed by atoms with Crippen LogP contribution in [0.1, 0.15) is 0 Å². The van der Waals surface area contributed by atoms with Crippen LogP contribution < -0.4 is 10.4 Å². The maximum Gasteiger partial charge on any atom is 0.343 e. The van der Waals surface area contributed by atoms with Gasteiger partial charge in [0.05, 0.1) is 12.1 Å². The molecule has 2 rings (SSSR count). The molecule has 0 bridgehead atoms. The molecule has 0 unspecified atom stereocenters. The molecule has 0 aliphatic heterocycles. The molecule has 5 nitrogen and oxygen atoms in total. The van der Waals surface area contributed by atoms with Crippen molar-refractivity contribution in [2.24, 2.45) is 7.05 Å². The summed E-state index contributed by atoms with van der Waals surface area (Å²) < 4.78 is 6.26. The number of halogens is 1. The Morgan fingerprint density at radius 3 is 2.75 bits per heavy atom. The van der Waals surface area contributed by atoms with Crippen molar-refractivity contribution in [1.29, 1.82) is 0 Å². The molecule has 1 heterocycles. The number of rotatable bonds is 2. The summed E-state index contributed by atoms with van der Waals surface area (Å²) >= 11 is 5.97. The van der Waals surface area contributed by atoms with Gasteiger partial charge < -0.3 is 4.74 Å². The second-order valence-corrected chi connectivity index (χ2v) is 3.66. The Labute approximate surface area is 96.6 Å². The van der Waals surface area contributed by atoms with E-state index in [2.05, 4.69) is 10.1 Å². The highest BCUT2D eigenvalue weighted by Crippen LogP contribution is 2.28. The van der Waals surface area contributed by atoms with Crippen LogP contribution in [0.3, 0.4) is 0 Å². The van der Waals surface area contributed by atoms with Gasteiger partial charge in [-0.3, -0.25) is 4.98 Å². The summed E-state index contributed by atoms with van der Waals surface area (Å²) in [6, 6.07) is 5.20. The maximum absolute atomic E-state index is 11.2. The molecular formula is C10H10ClN3O2. The highest BCUT2D eigenvalue weighted by Gasteiger charge is 2.07. The Balaban J connectivity index is 2.49. The molecule has 84 valence electrons. The van der Waals surface area contributed by atoms with Crippen LogP contribution in [0.5, 0.6) is 5.75 Å². The minimum Gasteiger partial charge on any atom is -0.495 e. The summed E-state index contributed by atoms with van der Waals surface area (Å²) in [6.07, 6.45) is 0. The minimum atomic E-state index is -0.262. The molecule has 1 aromatic heterocycles. The van der Waals surface area contributed by atoms with Gasteiger partial charge in [-0.05, 0) is 18.2 Å². The van der Waals surface area contributed by atoms with E-state index in [0.29, 0.717) is 16.6 Å². The first-order chi connectivity index (χ1) is 7.61. The van der Waals surface area contributed by atoms with Crippen LogP contribution in [0.25, 0.3) is 11.4 Å². The second kappa shape index (κ2) is 4.02. The Morgan fingerprint density at radius 1 is 1.50 bits per heavy atom. The standard InChI is InChI=1S/C10H10ClN3O2/c1-14-10(15)12-9(13-14)6-3-4-8(16-2)7(11)5-6/h3-5H,1-2H3,(H,12,13,15). The number of aryl methyl sites for hydroxylation is 1. The van der Waals surface area contributed by atoms with Crippen LogP contribution in [0, 0.1) is 0 Å². The largest absolute Gasteiger partial charge is 0.495 e. The lowest BCUT2D eigenvalue weighted by Crippen LogP contribution is -2.13. The number of hydrogen-bond acceptors (Lipinski definition) is 3. The first kappa shape index (κ1) is 10.8. The zero-order valence-electron chi connectivity index (χ0n) is 8.82. The monoisotopic (exact) mass is 239 g/mol. The normalized spacial score (nSPS) is 10.4. The molecule has 1 N–H and O–H groups in total. The summed E-state index contributed by atoms with van der Waals surface area (Å²) in [5.41, 5.74) is 0.477. The highest BCUT2D eigenvalue weighted by atomic mass is 35.5. The summed E-state index contributed by atoms with van der Waals surface area (Å²) in [5, 5.41) is 4.50. The molecule has 0 aliphatic carbocycles. The molecule has 6 heteroatoms. The lowest BCUT2D eigenvalue weighted by Gasteiger charge is -2.03. The number of nitrogens with zero attached hydrogens (tertiary/aromatic N) is 2. The van der Waals surface area contributed by atoms with E-state index in [1.165, 1.54) is 4.68 Å². The van der Waals surface area contributed by atoms with Gasteiger partial charge in [0, 0.05) is 12.6 Å². The van der Waals surface area contributed by atoms with E-state index in [1.807, 2.05) is 0 Å². The first-order valence-corrected chi connectivity index (χ1v) is 4.97. The van der Waals surface area contributed by atoms with Gasteiger partial charge in [-0.2, -0.15) is 5.10 Å². The number of benzene rings is 1. The molecule has 1 aromatic carbocycles. The lowest BCUT2D eigenvalue weighted by atomic mass is 10.2. The average Bonchev–Trinajstić information content (AvgIpc) is 2.59. The van der Waals surface area contributed by atoms with Crippen molar-refractivity contribution in [3.63, 3.8) is 0 Å². The van der Waals surface area contributed by atoms with E-state index in [-0.39, 0.29) is 5.69 Å². The highest BCUT2D eigenvalue weighted by molar-refractivity contribution is 6.32. The zero-order valence-corrected chi connectivity index (χ0v) is 9.58. The van der Waals surface area contributed by atoms with Crippen molar-refractivity contribution in [1.82, 2.24) is 14.8 Å². The van der Waals surface area contributed by atoms with Gasteiger partial charge in [-0.15, -0.1) is 0 Å². The Hall–Kier alpha value is -1.75. The quantitative estimate of drug-likeness (QED) is 0.863. The van der Waals surface area contributed by atoms with Gasteiger partial charge in [0.1, 0.15) is 5.75 Å². The van der Waals surface area contributed by atoms with Crippen LogP contribution in [-0.4, -0.2) is 21.9 Å². The Bertz CT molecular complexity index is 574. The third-order valence-electron chi connectivity index (χ3n) is 2.19. The number of ether oxygens (including phenoxy) is 1. The molecule has 0 radical (unpaired) electrons. The number of hydrogen-bond donors (Lipinski definition) is 1. The molecule has 0 amide bonds. The Kier molecular flexibility index (Phi) is 2.70. The third-order valence-corrected chi connectivity index (χ3v) is 2.49. The molecule has 16 heavy (non-hydrogen) atoms. The van der Waals surface area contributed by atoms with Gasteiger partial charge in [0.15, 0.2) is 5.82 Å². The Morgan fingerprint density at radius 2 is 2.25 bits per heavy atom. The summed E-state index contributed by atoms with van der Waals surface area (Å²) in [6.45, 7) is 0. The molecular weight excluding hydrogens is 230 g/mol. The lowest BCUT2D eigenvalue weighted by molar-refractivity contribution is 0.415. The van der Waals surface area contributed by atoms with Gasteiger partial charge >= 0.3 is 5.69 Å². The zero-order chi connectivity index (χ0) is 11.7. The molecule has 0 saturated carbocycles. The predicted molar refractivity (Wildman–Crippen MR) is 60.8 cm³/mol. The van der Waals surface area contributed by atoms with Crippen molar-refractivity contribution in [2.75, 3.05) is 7.11 Å². The molecule has 0 aliphatic rings. The third kappa shape index (κ3) is 1.81. The van der Waals surface area contributed by atoms with Crippen LogP contribution in [-0.2, 0) is 7.05 Å². The predicted octanol–water partition coefficient (Wildman–Crippen LogP) is 1.44. The van der Waals surface area contributed by atoms with E-state index in [9.17, 15) is 4.79 Å². The van der Waals surface area contributed by atoms with Crippen molar-refractivity contribution in [2.45, 2.75) is 0 Å². The molecule has 2 aromatic rings. The molecule has 0 saturated heterocycles. The second-order valence-electron chi connectivity index (χ2n) is 3.25. The topological polar surface area (TPSA) is 59.9 Å². The number of H-pyrrole nitrogens is 1. The number of aromatic amines is 1. The first-order valence-electron chi connectivity index (χ1n) is 4.59. The van der Waals surface area contributed by atoms with Crippen molar-refractivity contribution in [3.8, 4) is 17.1 Å².